The Morgan fingerprint density at radius 1 is 0.806 bits per heavy atom. The molecule has 0 saturated heterocycles. The van der Waals surface area contributed by atoms with E-state index in [2.05, 4.69) is 13.8 Å². The summed E-state index contributed by atoms with van der Waals surface area (Å²) in [6.07, 6.45) is 6.31. The minimum absolute atomic E-state index is 0.0548. The van der Waals surface area contributed by atoms with Crippen LogP contribution in [-0.4, -0.2) is 38.4 Å². The maximum absolute atomic E-state index is 11.9. The van der Waals surface area contributed by atoms with E-state index in [0.717, 1.165) is 68.2 Å². The van der Waals surface area contributed by atoms with Crippen LogP contribution < -0.4 is 4.74 Å². The van der Waals surface area contributed by atoms with Crippen LogP contribution in [-0.2, 0) is 29.9 Å². The van der Waals surface area contributed by atoms with Crippen LogP contribution in [0.1, 0.15) is 76.3 Å². The largest absolute Gasteiger partial charge is 0.508 e. The molecule has 2 fully saturated rings. The zero-order valence-electron chi connectivity index (χ0n) is 19.5. The normalized spacial score (nSPS) is 31.0. The third-order valence-corrected chi connectivity index (χ3v) is 7.87. The molecule has 2 aliphatic rings. The van der Waals surface area contributed by atoms with Crippen molar-refractivity contribution in [2.45, 2.75) is 76.0 Å². The SMILES string of the molecule is COC(=O)C1CCC(C)(c2cc(OC)c(C3(C)CCC(C(=O)OC)CC3)cc2O)CC1. The monoisotopic (exact) mass is 432 g/mol. The van der Waals surface area contributed by atoms with Crippen LogP contribution in [0.25, 0.3) is 0 Å². The molecular formula is C25H36O6. The molecule has 31 heavy (non-hydrogen) atoms. The van der Waals surface area contributed by atoms with E-state index in [9.17, 15) is 14.7 Å². The fourth-order valence-electron chi connectivity index (χ4n) is 5.55. The van der Waals surface area contributed by atoms with Gasteiger partial charge in [-0.1, -0.05) is 13.8 Å². The third kappa shape index (κ3) is 4.53. The first-order valence-corrected chi connectivity index (χ1v) is 11.2. The van der Waals surface area contributed by atoms with Crippen LogP contribution in [0.5, 0.6) is 11.5 Å². The summed E-state index contributed by atoms with van der Waals surface area (Å²) in [4.78, 5) is 23.8. The lowest BCUT2D eigenvalue weighted by atomic mass is 9.65. The van der Waals surface area contributed by atoms with Gasteiger partial charge in [0.15, 0.2) is 0 Å². The predicted octanol–water partition coefficient (Wildman–Crippen LogP) is 4.64. The van der Waals surface area contributed by atoms with E-state index in [-0.39, 0.29) is 40.4 Å². The van der Waals surface area contributed by atoms with E-state index in [1.165, 1.54) is 14.2 Å². The summed E-state index contributed by atoms with van der Waals surface area (Å²) in [7, 11) is 4.54. The second kappa shape index (κ2) is 9.09. The second-order valence-electron chi connectivity index (χ2n) is 9.79. The lowest BCUT2D eigenvalue weighted by molar-refractivity contribution is -0.147. The molecule has 0 unspecified atom stereocenters. The van der Waals surface area contributed by atoms with Crippen molar-refractivity contribution in [1.82, 2.24) is 0 Å². The maximum Gasteiger partial charge on any atom is 0.308 e. The van der Waals surface area contributed by atoms with E-state index in [4.69, 9.17) is 14.2 Å². The van der Waals surface area contributed by atoms with Gasteiger partial charge >= 0.3 is 11.9 Å². The van der Waals surface area contributed by atoms with Crippen LogP contribution in [0, 0.1) is 11.8 Å². The minimum atomic E-state index is -0.218. The van der Waals surface area contributed by atoms with Gasteiger partial charge in [-0.05, 0) is 74.3 Å². The molecule has 0 bridgehead atoms. The molecular weight excluding hydrogens is 396 g/mol. The quantitative estimate of drug-likeness (QED) is 0.683. The first kappa shape index (κ1) is 23.4. The average molecular weight is 433 g/mol. The van der Waals surface area contributed by atoms with Crippen molar-refractivity contribution in [3.05, 3.63) is 23.3 Å². The van der Waals surface area contributed by atoms with Gasteiger partial charge in [0.25, 0.3) is 0 Å². The number of phenolic OH excluding ortho intramolecular Hbond substituents is 1. The Morgan fingerprint density at radius 2 is 1.23 bits per heavy atom. The van der Waals surface area contributed by atoms with Crippen molar-refractivity contribution in [3.63, 3.8) is 0 Å². The van der Waals surface area contributed by atoms with E-state index < -0.39 is 0 Å². The zero-order chi connectivity index (χ0) is 22.8. The number of benzene rings is 1. The maximum atomic E-state index is 11.9. The fourth-order valence-corrected chi connectivity index (χ4v) is 5.55. The standard InChI is InChI=1S/C25H36O6/c1-24(10-6-16(7-11-24)22(27)30-4)18-15-21(29-3)19(14-20(18)26)25(2)12-8-17(9-13-25)23(28)31-5/h14-17,26H,6-13H2,1-5H3. The van der Waals surface area contributed by atoms with E-state index in [1.54, 1.807) is 7.11 Å². The van der Waals surface area contributed by atoms with Crippen LogP contribution >= 0.6 is 0 Å². The summed E-state index contributed by atoms with van der Waals surface area (Å²) < 4.78 is 15.6. The Balaban J connectivity index is 1.84. The highest BCUT2D eigenvalue weighted by Crippen LogP contribution is 2.50. The number of aromatic hydroxyl groups is 1. The summed E-state index contributed by atoms with van der Waals surface area (Å²) in [6.45, 7) is 4.33. The molecule has 0 aliphatic heterocycles. The van der Waals surface area contributed by atoms with Crippen molar-refractivity contribution < 1.29 is 28.9 Å². The third-order valence-electron chi connectivity index (χ3n) is 7.87. The van der Waals surface area contributed by atoms with E-state index in [0.29, 0.717) is 0 Å². The van der Waals surface area contributed by atoms with Gasteiger partial charge < -0.3 is 19.3 Å². The van der Waals surface area contributed by atoms with Crippen LogP contribution in [0.3, 0.4) is 0 Å². The molecule has 6 nitrogen and oxygen atoms in total. The number of carbonyl (C=O) groups excluding carboxylic acids is 2. The first-order chi connectivity index (χ1) is 14.7. The van der Waals surface area contributed by atoms with Gasteiger partial charge in [-0.3, -0.25) is 9.59 Å². The van der Waals surface area contributed by atoms with Crippen LogP contribution in [0.2, 0.25) is 0 Å². The fraction of sp³-hybridized carbons (Fsp3) is 0.680. The lowest BCUT2D eigenvalue weighted by Crippen LogP contribution is -2.33. The Labute approximate surface area is 185 Å². The molecule has 0 aromatic heterocycles. The van der Waals surface area contributed by atoms with Gasteiger partial charge in [0.1, 0.15) is 11.5 Å². The molecule has 0 radical (unpaired) electrons. The molecule has 3 rings (SSSR count). The Hall–Kier alpha value is -2.24. The summed E-state index contributed by atoms with van der Waals surface area (Å²) >= 11 is 0. The lowest BCUT2D eigenvalue weighted by Gasteiger charge is -2.40. The Kier molecular flexibility index (Phi) is 6.87. The number of methoxy groups -OCH3 is 3. The number of rotatable bonds is 5. The van der Waals surface area contributed by atoms with Gasteiger partial charge in [0.2, 0.25) is 0 Å². The number of carbonyl (C=O) groups is 2. The average Bonchev–Trinajstić information content (AvgIpc) is 2.78. The molecule has 1 aromatic carbocycles. The van der Waals surface area contributed by atoms with Crippen molar-refractivity contribution >= 4 is 11.9 Å². The Bertz CT molecular complexity index is 814. The highest BCUT2D eigenvalue weighted by atomic mass is 16.5. The van der Waals surface area contributed by atoms with Crippen molar-refractivity contribution in [1.29, 1.82) is 0 Å². The summed E-state index contributed by atoms with van der Waals surface area (Å²) in [5, 5.41) is 11.1. The molecule has 172 valence electrons. The molecule has 0 amide bonds. The van der Waals surface area contributed by atoms with Crippen LogP contribution in [0.4, 0.5) is 0 Å². The highest BCUT2D eigenvalue weighted by Gasteiger charge is 2.41. The smallest absolute Gasteiger partial charge is 0.308 e. The van der Waals surface area contributed by atoms with Crippen molar-refractivity contribution in [3.8, 4) is 11.5 Å². The van der Waals surface area contributed by atoms with Gasteiger partial charge in [-0.2, -0.15) is 0 Å². The van der Waals surface area contributed by atoms with Crippen LogP contribution in [0.15, 0.2) is 12.1 Å². The summed E-state index contributed by atoms with van der Waals surface area (Å²) in [5.41, 5.74) is 1.48. The molecule has 1 N–H and O–H groups in total. The van der Waals surface area contributed by atoms with Crippen molar-refractivity contribution in [2.75, 3.05) is 21.3 Å². The first-order valence-electron chi connectivity index (χ1n) is 11.2. The molecule has 0 atom stereocenters. The van der Waals surface area contributed by atoms with E-state index >= 15 is 0 Å². The molecule has 2 aliphatic carbocycles. The number of phenols is 1. The zero-order valence-corrected chi connectivity index (χ0v) is 19.5. The van der Waals surface area contributed by atoms with Gasteiger partial charge in [0.05, 0.1) is 33.2 Å². The summed E-state index contributed by atoms with van der Waals surface area (Å²) in [6, 6.07) is 3.85. The summed E-state index contributed by atoms with van der Waals surface area (Å²) in [5.74, 6) is 0.665. The van der Waals surface area contributed by atoms with E-state index in [1.807, 2.05) is 12.1 Å². The topological polar surface area (TPSA) is 82.1 Å². The molecule has 6 heteroatoms. The van der Waals surface area contributed by atoms with Gasteiger partial charge in [0, 0.05) is 11.1 Å². The number of esters is 2. The second-order valence-corrected chi connectivity index (χ2v) is 9.79. The van der Waals surface area contributed by atoms with Crippen molar-refractivity contribution in [2.24, 2.45) is 11.8 Å². The minimum Gasteiger partial charge on any atom is -0.508 e. The molecule has 1 aromatic rings. The molecule has 0 heterocycles. The number of ether oxygens (including phenoxy) is 3. The predicted molar refractivity (Wildman–Crippen MR) is 117 cm³/mol. The number of hydrogen-bond acceptors (Lipinski definition) is 6. The number of hydrogen-bond donors (Lipinski definition) is 1. The Morgan fingerprint density at radius 3 is 1.61 bits per heavy atom. The molecule has 2 saturated carbocycles. The van der Waals surface area contributed by atoms with Gasteiger partial charge in [-0.25, -0.2) is 0 Å². The van der Waals surface area contributed by atoms with Gasteiger partial charge in [-0.15, -0.1) is 0 Å². The molecule has 0 spiro atoms. The highest BCUT2D eigenvalue weighted by molar-refractivity contribution is 5.73.